The van der Waals surface area contributed by atoms with Gasteiger partial charge in [-0.25, -0.2) is 0 Å². The molecule has 0 fully saturated rings. The van der Waals surface area contributed by atoms with Crippen LogP contribution in [0, 0.1) is 0 Å². The Morgan fingerprint density at radius 1 is 0.667 bits per heavy atom. The maximum absolute atomic E-state index is 9.75. The predicted molar refractivity (Wildman–Crippen MR) is 55.4 cm³/mol. The van der Waals surface area contributed by atoms with E-state index in [1.807, 2.05) is 0 Å². The molecule has 21 heavy (non-hydrogen) atoms. The molecule has 0 amide bonds. The number of methoxy groups -OCH3 is 1. The van der Waals surface area contributed by atoms with E-state index in [2.05, 4.69) is 4.74 Å². The molecule has 0 aromatic carbocycles. The van der Waals surface area contributed by atoms with E-state index in [1.165, 1.54) is 14.0 Å². The minimum absolute atomic E-state index is 0. The molecule has 0 atom stereocenters. The summed E-state index contributed by atoms with van der Waals surface area (Å²) in [4.78, 5) is 9.59. The van der Waals surface area contributed by atoms with Crippen molar-refractivity contribution >= 4 is 79.1 Å². The molecule has 0 rings (SSSR count). The van der Waals surface area contributed by atoms with E-state index in [0.29, 0.717) is 0 Å². The van der Waals surface area contributed by atoms with Crippen molar-refractivity contribution in [2.75, 3.05) is 7.11 Å². The summed E-state index contributed by atoms with van der Waals surface area (Å²) in [5.41, 5.74) is 0. The van der Waals surface area contributed by atoms with E-state index < -0.39 is 21.8 Å². The summed E-state index contributed by atoms with van der Waals surface area (Å²) in [6, 6.07) is 0. The Morgan fingerprint density at radius 3 is 0.714 bits per heavy atom. The Balaban J connectivity index is -0.0000000533. The summed E-state index contributed by atoms with van der Waals surface area (Å²) in [6.07, 6.45) is 0. The van der Waals surface area contributed by atoms with Crippen molar-refractivity contribution in [2.24, 2.45) is 0 Å². The van der Waals surface area contributed by atoms with Crippen LogP contribution in [-0.2, 0) is 9.53 Å². The van der Waals surface area contributed by atoms with E-state index in [9.17, 15) is 56.6 Å². The zero-order valence-corrected chi connectivity index (χ0v) is 9.58. The van der Waals surface area contributed by atoms with Crippen LogP contribution in [0.4, 0.5) is 51.8 Å². The summed E-state index contributed by atoms with van der Waals surface area (Å²) in [6.45, 7) is 1.36. The molecule has 18 heteroatoms. The topological polar surface area (TPSA) is 26.3 Å². The monoisotopic (exact) mass is 375 g/mol. The van der Waals surface area contributed by atoms with Crippen molar-refractivity contribution in [1.82, 2.24) is 0 Å². The second-order valence-electron chi connectivity index (χ2n) is 2.18. The molecule has 0 N–H and O–H groups in total. The van der Waals surface area contributed by atoms with Crippen LogP contribution < -0.4 is 0 Å². The molecule has 0 aromatic heterocycles. The number of esters is 1. The van der Waals surface area contributed by atoms with E-state index in [1.54, 1.807) is 0 Å². The third kappa shape index (κ3) is 1150. The first kappa shape index (κ1) is 33.2. The van der Waals surface area contributed by atoms with Gasteiger partial charge in [0.2, 0.25) is 0 Å². The molecule has 0 unspecified atom stereocenters. The van der Waals surface area contributed by atoms with Gasteiger partial charge in [-0.2, -0.15) is 0 Å². The second-order valence-corrected chi connectivity index (χ2v) is 2.18. The molecule has 0 spiro atoms. The molecular formula is C3H7B3F12KO2-3. The van der Waals surface area contributed by atoms with Crippen molar-refractivity contribution in [2.45, 2.75) is 6.92 Å². The van der Waals surface area contributed by atoms with Crippen LogP contribution in [0.5, 0.6) is 0 Å². The van der Waals surface area contributed by atoms with Crippen molar-refractivity contribution in [3.63, 3.8) is 0 Å². The SMILES string of the molecule is COC(C)=O.F[B-](F)(F)F.F[B-](F)(F)F.F[B-](F)(F)F.[KH]. The molecule has 0 aromatic rings. The Bertz CT molecular complexity index is 191. The van der Waals surface area contributed by atoms with Crippen LogP contribution in [0.3, 0.4) is 0 Å². The van der Waals surface area contributed by atoms with Gasteiger partial charge < -0.3 is 56.5 Å². The van der Waals surface area contributed by atoms with E-state index >= 15 is 0 Å². The number of ether oxygens (including phenoxy) is 1. The van der Waals surface area contributed by atoms with E-state index in [4.69, 9.17) is 0 Å². The van der Waals surface area contributed by atoms with E-state index in [0.717, 1.165) is 0 Å². The number of rotatable bonds is 0. The molecule has 0 bridgehead atoms. The van der Waals surface area contributed by atoms with Crippen LogP contribution in [0.15, 0.2) is 0 Å². The number of hydrogen-bond donors (Lipinski definition) is 0. The average molecular weight is 375 g/mol. The number of halogens is 12. The summed E-state index contributed by atoms with van der Waals surface area (Å²) in [5.74, 6) is -0.245. The van der Waals surface area contributed by atoms with Crippen LogP contribution in [0.2, 0.25) is 0 Å². The molecule has 0 saturated heterocycles. The van der Waals surface area contributed by atoms with Gasteiger partial charge in [0, 0.05) is 6.92 Å². The molecular weight excluding hydrogens is 368 g/mol. The van der Waals surface area contributed by atoms with E-state index in [-0.39, 0.29) is 57.4 Å². The summed E-state index contributed by atoms with van der Waals surface area (Å²) < 4.78 is 121. The first-order valence-corrected chi connectivity index (χ1v) is 3.94. The fraction of sp³-hybridized carbons (Fsp3) is 0.667. The first-order valence-electron chi connectivity index (χ1n) is 3.94. The van der Waals surface area contributed by atoms with Gasteiger partial charge in [0.15, 0.2) is 0 Å². The Hall–Kier alpha value is 0.461. The van der Waals surface area contributed by atoms with Crippen LogP contribution in [0.1, 0.15) is 6.92 Å². The minimum atomic E-state index is -6.00. The normalized spacial score (nSPS) is 10.2. The molecule has 128 valence electrons. The Labute approximate surface area is 153 Å². The van der Waals surface area contributed by atoms with Gasteiger partial charge in [0.25, 0.3) is 0 Å². The molecule has 2 nitrogen and oxygen atoms in total. The molecule has 0 saturated carbocycles. The van der Waals surface area contributed by atoms with Gasteiger partial charge in [0.05, 0.1) is 7.11 Å². The zero-order chi connectivity index (χ0) is 17.8. The molecule has 0 aliphatic heterocycles. The number of hydrogen-bond acceptors (Lipinski definition) is 2. The summed E-state index contributed by atoms with van der Waals surface area (Å²) in [7, 11) is -16.7. The third-order valence-electron chi connectivity index (χ3n) is 0.287. The van der Waals surface area contributed by atoms with Gasteiger partial charge in [-0.3, -0.25) is 4.79 Å². The molecule has 0 radical (unpaired) electrons. The molecule has 0 aliphatic rings. The Kier molecular flexibility index (Phi) is 24.3. The number of carbonyl (C=O) groups excluding carboxylic acids is 1. The zero-order valence-electron chi connectivity index (χ0n) is 9.58. The number of carbonyl (C=O) groups is 1. The van der Waals surface area contributed by atoms with Crippen LogP contribution in [-0.4, -0.2) is 86.2 Å². The van der Waals surface area contributed by atoms with Crippen molar-refractivity contribution in [3.05, 3.63) is 0 Å². The summed E-state index contributed by atoms with van der Waals surface area (Å²) in [5, 5.41) is 0. The fourth-order valence-electron chi connectivity index (χ4n) is 0. The average Bonchev–Trinajstić information content (AvgIpc) is 1.93. The Morgan fingerprint density at radius 2 is 0.714 bits per heavy atom. The predicted octanol–water partition coefficient (Wildman–Crippen LogP) is 3.43. The van der Waals surface area contributed by atoms with Crippen molar-refractivity contribution in [1.29, 1.82) is 0 Å². The van der Waals surface area contributed by atoms with Gasteiger partial charge in [-0.15, -0.1) is 0 Å². The quantitative estimate of drug-likeness (QED) is 0.369. The molecule has 0 aliphatic carbocycles. The summed E-state index contributed by atoms with van der Waals surface area (Å²) >= 11 is 0. The molecule has 0 heterocycles. The van der Waals surface area contributed by atoms with Gasteiger partial charge in [-0.05, 0) is 0 Å². The van der Waals surface area contributed by atoms with Crippen LogP contribution in [0.25, 0.3) is 0 Å². The fourth-order valence-corrected chi connectivity index (χ4v) is 0. The van der Waals surface area contributed by atoms with Crippen molar-refractivity contribution in [3.8, 4) is 0 Å². The standard InChI is InChI=1S/C3H6O2.3BF4.K.H/c1-3(4)5-2;3*2-1(3,4)5;;/h1-2H3;;;;;/q;3*-1;;. The first-order chi connectivity index (χ1) is 8.27. The maximum atomic E-state index is 9.75. The third-order valence-corrected chi connectivity index (χ3v) is 0.287. The van der Waals surface area contributed by atoms with Crippen LogP contribution >= 0.6 is 0 Å². The van der Waals surface area contributed by atoms with Crippen molar-refractivity contribution < 1.29 is 61.3 Å². The van der Waals surface area contributed by atoms with Gasteiger partial charge in [0.1, 0.15) is 0 Å². The second kappa shape index (κ2) is 15.4. The van der Waals surface area contributed by atoms with Gasteiger partial charge in [-0.1, -0.05) is 0 Å². The van der Waals surface area contributed by atoms with Gasteiger partial charge >= 0.3 is 79.1 Å².